The molecule has 11 nitrogen and oxygen atoms in total. The number of nitrogens with one attached hydrogen (secondary N) is 2. The number of rotatable bonds is 6. The van der Waals surface area contributed by atoms with Crippen molar-refractivity contribution in [3.63, 3.8) is 0 Å². The molecule has 6 N–H and O–H groups in total. The number of aliphatic hydroxyl groups excluding tert-OH is 4. The molecule has 0 amide bonds. The second-order valence-electron chi connectivity index (χ2n) is 9.45. The quantitative estimate of drug-likeness (QED) is 0.295. The first-order valence-electron chi connectivity index (χ1n) is 12.1. The van der Waals surface area contributed by atoms with E-state index in [2.05, 4.69) is 16.4 Å². The number of carbonyl (C=O) groups excluding carboxylic acids is 1. The smallest absolute Gasteiger partial charge is 0.337 e. The molecule has 3 aliphatic heterocycles. The molecule has 0 spiro atoms. The number of aliphatic hydroxyl groups is 4. The van der Waals surface area contributed by atoms with Crippen molar-refractivity contribution >= 4 is 16.9 Å². The summed E-state index contributed by atoms with van der Waals surface area (Å²) in [6.45, 7) is 0.232. The largest absolute Gasteiger partial charge is 0.472 e. The molecule has 0 bridgehead atoms. The molecule has 196 valence electrons. The van der Waals surface area contributed by atoms with Crippen LogP contribution in [0.5, 0.6) is 0 Å². The van der Waals surface area contributed by atoms with Gasteiger partial charge in [-0.3, -0.25) is 0 Å². The van der Waals surface area contributed by atoms with Gasteiger partial charge in [-0.05, 0) is 31.0 Å². The summed E-state index contributed by atoms with van der Waals surface area (Å²) >= 11 is 0. The van der Waals surface area contributed by atoms with Crippen LogP contribution in [-0.4, -0.2) is 88.6 Å². The molecule has 8 atom stereocenters. The van der Waals surface area contributed by atoms with E-state index in [1.165, 1.54) is 24.3 Å². The van der Waals surface area contributed by atoms with Crippen molar-refractivity contribution in [3.05, 3.63) is 47.4 Å². The molecule has 0 aliphatic carbocycles. The molecule has 1 saturated heterocycles. The predicted octanol–water partition coefficient (Wildman–Crippen LogP) is -0.0192. The number of ether oxygens (including phenoxy) is 4. The maximum Gasteiger partial charge on any atom is 0.337 e. The molecule has 1 aromatic carbocycles. The van der Waals surface area contributed by atoms with Gasteiger partial charge in [-0.15, -0.1) is 0 Å². The number of esters is 1. The lowest BCUT2D eigenvalue weighted by Gasteiger charge is -2.41. The standard InChI is InChI=1S/C25H32N2O9/c1-33-24(32)15-11-34-19(36-25-23(31)22(30)21(29)18(10-28)35-25)9-12(15)8-17-20-14(6-7-26-17)13-4-2-3-5-16(13)27-20/h2-5,11-12,17-19,21-23,25-31H,6-10H2,1H3/t12?,17?,18-,19?,21-,22+,23-,25?/m1/s1. The Kier molecular flexibility index (Phi) is 7.31. The van der Waals surface area contributed by atoms with Crippen LogP contribution < -0.4 is 5.32 Å². The number of para-hydroxylation sites is 1. The second-order valence-corrected chi connectivity index (χ2v) is 9.45. The zero-order valence-electron chi connectivity index (χ0n) is 19.9. The van der Waals surface area contributed by atoms with Crippen LogP contribution in [0.25, 0.3) is 10.9 Å². The van der Waals surface area contributed by atoms with Gasteiger partial charge in [0.05, 0.1) is 25.6 Å². The summed E-state index contributed by atoms with van der Waals surface area (Å²) < 4.78 is 21.8. The highest BCUT2D eigenvalue weighted by Crippen LogP contribution is 2.38. The fraction of sp³-hybridized carbons (Fsp3) is 0.560. The zero-order valence-corrected chi connectivity index (χ0v) is 19.9. The maximum atomic E-state index is 12.5. The molecular formula is C25H32N2O9. The highest BCUT2D eigenvalue weighted by Gasteiger charge is 2.46. The van der Waals surface area contributed by atoms with Crippen LogP contribution >= 0.6 is 0 Å². The molecule has 2 aromatic rings. The van der Waals surface area contributed by atoms with Crippen molar-refractivity contribution in [2.45, 2.75) is 62.3 Å². The van der Waals surface area contributed by atoms with E-state index >= 15 is 0 Å². The Bertz CT molecular complexity index is 1120. The summed E-state index contributed by atoms with van der Waals surface area (Å²) in [5.74, 6) is -0.810. The zero-order chi connectivity index (χ0) is 25.4. The van der Waals surface area contributed by atoms with E-state index in [-0.39, 0.29) is 18.4 Å². The Hall–Kier alpha value is -2.51. The van der Waals surface area contributed by atoms with Crippen LogP contribution in [0.15, 0.2) is 36.1 Å². The summed E-state index contributed by atoms with van der Waals surface area (Å²) in [4.78, 5) is 16.1. The molecule has 4 heterocycles. The van der Waals surface area contributed by atoms with Crippen molar-refractivity contribution in [1.82, 2.24) is 10.3 Å². The molecule has 0 radical (unpaired) electrons. The van der Waals surface area contributed by atoms with Crippen LogP contribution in [0.4, 0.5) is 0 Å². The summed E-state index contributed by atoms with van der Waals surface area (Å²) in [7, 11) is 1.31. The molecule has 5 rings (SSSR count). The van der Waals surface area contributed by atoms with Crippen LogP contribution in [0.3, 0.4) is 0 Å². The highest BCUT2D eigenvalue weighted by atomic mass is 16.8. The van der Waals surface area contributed by atoms with Gasteiger partial charge in [0.2, 0.25) is 6.29 Å². The summed E-state index contributed by atoms with van der Waals surface area (Å²) in [6, 6.07) is 8.11. The molecule has 3 aliphatic rings. The van der Waals surface area contributed by atoms with Gasteiger partial charge in [0.25, 0.3) is 0 Å². The summed E-state index contributed by atoms with van der Waals surface area (Å²) in [6.07, 6.45) is -4.93. The number of aromatic amines is 1. The van der Waals surface area contributed by atoms with Gasteiger partial charge >= 0.3 is 5.97 Å². The van der Waals surface area contributed by atoms with Crippen molar-refractivity contribution in [1.29, 1.82) is 0 Å². The van der Waals surface area contributed by atoms with Gasteiger partial charge in [0.1, 0.15) is 24.4 Å². The Balaban J connectivity index is 1.35. The molecular weight excluding hydrogens is 472 g/mol. The predicted molar refractivity (Wildman–Crippen MR) is 125 cm³/mol. The summed E-state index contributed by atoms with van der Waals surface area (Å²) in [5.41, 5.74) is 3.79. The Morgan fingerprint density at radius 2 is 1.97 bits per heavy atom. The maximum absolute atomic E-state index is 12.5. The van der Waals surface area contributed by atoms with E-state index in [1.54, 1.807) is 0 Å². The number of carbonyl (C=O) groups is 1. The minimum atomic E-state index is -1.56. The first-order valence-corrected chi connectivity index (χ1v) is 12.1. The van der Waals surface area contributed by atoms with Crippen LogP contribution in [-0.2, 0) is 30.2 Å². The first kappa shape index (κ1) is 25.2. The Labute approximate surface area is 207 Å². The topological polar surface area (TPSA) is 163 Å². The van der Waals surface area contributed by atoms with Crippen molar-refractivity contribution in [2.75, 3.05) is 20.3 Å². The molecule has 0 saturated carbocycles. The van der Waals surface area contributed by atoms with Crippen LogP contribution in [0.2, 0.25) is 0 Å². The fourth-order valence-corrected chi connectivity index (χ4v) is 5.38. The second kappa shape index (κ2) is 10.5. The normalized spacial score (nSPS) is 34.5. The lowest BCUT2D eigenvalue weighted by atomic mass is 9.85. The monoisotopic (exact) mass is 504 g/mol. The van der Waals surface area contributed by atoms with Gasteiger partial charge in [-0.2, -0.15) is 0 Å². The number of hydrogen-bond donors (Lipinski definition) is 6. The van der Waals surface area contributed by atoms with Crippen LogP contribution in [0, 0.1) is 5.92 Å². The van der Waals surface area contributed by atoms with Crippen molar-refractivity contribution in [3.8, 4) is 0 Å². The third kappa shape index (κ3) is 4.63. The van der Waals surface area contributed by atoms with E-state index in [0.29, 0.717) is 12.0 Å². The van der Waals surface area contributed by atoms with Crippen molar-refractivity contribution in [2.24, 2.45) is 5.92 Å². The van der Waals surface area contributed by atoms with E-state index < -0.39 is 49.6 Å². The highest BCUT2D eigenvalue weighted by molar-refractivity contribution is 5.89. The number of H-pyrrole nitrogens is 1. The van der Waals surface area contributed by atoms with Crippen molar-refractivity contribution < 1.29 is 44.2 Å². The molecule has 1 aromatic heterocycles. The van der Waals surface area contributed by atoms with Gasteiger partial charge < -0.3 is 49.7 Å². The number of benzene rings is 1. The fourth-order valence-electron chi connectivity index (χ4n) is 5.38. The average molecular weight is 505 g/mol. The van der Waals surface area contributed by atoms with E-state index in [4.69, 9.17) is 18.9 Å². The lowest BCUT2D eigenvalue weighted by Crippen LogP contribution is -2.59. The van der Waals surface area contributed by atoms with Crippen LogP contribution in [0.1, 0.15) is 30.1 Å². The van der Waals surface area contributed by atoms with E-state index in [9.17, 15) is 25.2 Å². The number of fused-ring (bicyclic) bond motifs is 3. The SMILES string of the molecule is COC(=O)C1=COC(OC2O[C@H](CO)[C@@H](O)[C@H](O)[C@H]2O)CC1CC1NCCc2c1[nH]c1ccccc21. The minimum Gasteiger partial charge on any atom is -0.472 e. The van der Waals surface area contributed by atoms with Gasteiger partial charge in [0.15, 0.2) is 6.29 Å². The third-order valence-electron chi connectivity index (χ3n) is 7.30. The molecule has 1 fully saturated rings. The van der Waals surface area contributed by atoms with Gasteiger partial charge in [0, 0.05) is 35.0 Å². The number of methoxy groups -OCH3 is 1. The third-order valence-corrected chi connectivity index (χ3v) is 7.30. The Morgan fingerprint density at radius 3 is 2.75 bits per heavy atom. The first-order chi connectivity index (χ1) is 17.4. The molecule has 36 heavy (non-hydrogen) atoms. The average Bonchev–Trinajstić information content (AvgIpc) is 3.28. The summed E-state index contributed by atoms with van der Waals surface area (Å²) in [5, 5.41) is 44.6. The molecule has 11 heteroatoms. The number of hydrogen-bond acceptors (Lipinski definition) is 10. The van der Waals surface area contributed by atoms with Gasteiger partial charge in [-0.25, -0.2) is 4.79 Å². The van der Waals surface area contributed by atoms with Gasteiger partial charge in [-0.1, -0.05) is 18.2 Å². The van der Waals surface area contributed by atoms with E-state index in [1.807, 2.05) is 18.2 Å². The number of aromatic nitrogens is 1. The Morgan fingerprint density at radius 1 is 1.17 bits per heavy atom. The van der Waals surface area contributed by atoms with E-state index in [0.717, 1.165) is 24.2 Å². The lowest BCUT2D eigenvalue weighted by molar-refractivity contribution is -0.334. The molecule has 4 unspecified atom stereocenters. The minimum absolute atomic E-state index is 0.0507.